The van der Waals surface area contributed by atoms with Crippen molar-refractivity contribution in [2.24, 2.45) is 0 Å². The van der Waals surface area contributed by atoms with Crippen molar-refractivity contribution in [3.05, 3.63) is 9.39 Å². The lowest BCUT2D eigenvalue weighted by Gasteiger charge is -2.02. The van der Waals surface area contributed by atoms with Gasteiger partial charge in [-0.3, -0.25) is 4.79 Å². The summed E-state index contributed by atoms with van der Waals surface area (Å²) in [7, 11) is 2.53. The minimum atomic E-state index is -0.483. The molecular formula is C8H9NO3S3. The molecule has 0 unspecified atom stereocenters. The van der Waals surface area contributed by atoms with Crippen molar-refractivity contribution < 1.29 is 14.3 Å². The Balaban J connectivity index is 3.04. The molecule has 0 radical (unpaired) electrons. The number of nitrogens with one attached hydrogen (secondary N) is 1. The normalized spacial score (nSPS) is 9.73. The lowest BCUT2D eigenvalue weighted by atomic mass is 10.3. The van der Waals surface area contributed by atoms with E-state index in [0.717, 1.165) is 0 Å². The Bertz CT molecular complexity index is 435. The zero-order valence-corrected chi connectivity index (χ0v) is 10.6. The minimum Gasteiger partial charge on any atom is -0.462 e. The number of carbonyl (C=O) groups is 2. The minimum absolute atomic E-state index is 0.232. The summed E-state index contributed by atoms with van der Waals surface area (Å²) >= 11 is 4.99. The second-order valence-corrected chi connectivity index (χ2v) is 5.38. The molecule has 0 aliphatic heterocycles. The van der Waals surface area contributed by atoms with E-state index in [0.29, 0.717) is 8.82 Å². The van der Waals surface area contributed by atoms with Gasteiger partial charge in [0, 0.05) is 6.92 Å². The molecule has 1 amide bonds. The first-order valence-corrected chi connectivity index (χ1v) is 6.70. The maximum absolute atomic E-state index is 11.5. The predicted octanol–water partition coefficient (Wildman–Crippen LogP) is 2.67. The van der Waals surface area contributed by atoms with Gasteiger partial charge in [-0.1, -0.05) is 32.9 Å². The van der Waals surface area contributed by atoms with Crippen molar-refractivity contribution in [2.45, 2.75) is 13.8 Å². The average Bonchev–Trinajstić information content (AvgIpc) is 2.46. The van der Waals surface area contributed by atoms with Crippen LogP contribution >= 0.6 is 32.9 Å². The van der Waals surface area contributed by atoms with Gasteiger partial charge in [-0.2, -0.15) is 0 Å². The van der Waals surface area contributed by atoms with Crippen LogP contribution in [0.2, 0.25) is 0 Å². The SMILES string of the molecule is CCOC(=O)c1c(NC(C)=O)ssc1=S. The van der Waals surface area contributed by atoms with Crippen molar-refractivity contribution in [2.75, 3.05) is 11.9 Å². The number of anilines is 1. The topological polar surface area (TPSA) is 55.4 Å². The molecule has 15 heavy (non-hydrogen) atoms. The fourth-order valence-corrected chi connectivity index (χ4v) is 3.48. The molecule has 0 aromatic carbocycles. The molecule has 7 heteroatoms. The summed E-state index contributed by atoms with van der Waals surface area (Å²) in [5, 5.41) is 3.02. The first-order chi connectivity index (χ1) is 7.06. The van der Waals surface area contributed by atoms with Gasteiger partial charge in [0.25, 0.3) is 0 Å². The standard InChI is InChI=1S/C8H9NO3S3/c1-3-12-7(11)5-6(9-4(2)10)14-15-8(5)13/h3H2,1-2H3,(H,9,10). The van der Waals surface area contributed by atoms with E-state index in [1.165, 1.54) is 27.6 Å². The molecule has 1 aromatic heterocycles. The molecule has 1 rings (SSSR count). The predicted molar refractivity (Wildman–Crippen MR) is 63.3 cm³/mol. The number of amides is 1. The fourth-order valence-electron chi connectivity index (χ4n) is 0.878. The highest BCUT2D eigenvalue weighted by atomic mass is 32.9. The molecule has 82 valence electrons. The maximum Gasteiger partial charge on any atom is 0.343 e. The molecule has 0 spiro atoms. The Hall–Kier alpha value is -0.790. The van der Waals surface area contributed by atoms with Crippen molar-refractivity contribution in [1.82, 2.24) is 0 Å². The van der Waals surface area contributed by atoms with Crippen LogP contribution in [0.25, 0.3) is 0 Å². The van der Waals surface area contributed by atoms with E-state index in [4.69, 9.17) is 17.0 Å². The van der Waals surface area contributed by atoms with Gasteiger partial charge in [-0.25, -0.2) is 4.79 Å². The van der Waals surface area contributed by atoms with Crippen LogP contribution in [0.15, 0.2) is 0 Å². The molecule has 1 aromatic rings. The number of ether oxygens (including phenoxy) is 1. The van der Waals surface area contributed by atoms with Gasteiger partial charge in [-0.05, 0) is 6.92 Å². The molecule has 1 N–H and O–H groups in total. The molecule has 0 saturated heterocycles. The quantitative estimate of drug-likeness (QED) is 0.517. The summed E-state index contributed by atoms with van der Waals surface area (Å²) in [5.41, 5.74) is 0.289. The first kappa shape index (κ1) is 12.3. The van der Waals surface area contributed by atoms with Gasteiger partial charge in [0.2, 0.25) is 5.91 Å². The van der Waals surface area contributed by atoms with Crippen molar-refractivity contribution >= 4 is 49.8 Å². The molecular weight excluding hydrogens is 254 g/mol. The molecule has 0 saturated carbocycles. The van der Waals surface area contributed by atoms with Gasteiger partial charge in [0.1, 0.15) is 14.4 Å². The Kier molecular flexibility index (Phi) is 4.37. The third kappa shape index (κ3) is 3.08. The summed E-state index contributed by atoms with van der Waals surface area (Å²) in [6.07, 6.45) is 0. The van der Waals surface area contributed by atoms with E-state index in [1.54, 1.807) is 6.92 Å². The molecule has 0 aliphatic rings. The van der Waals surface area contributed by atoms with E-state index in [-0.39, 0.29) is 18.1 Å². The largest absolute Gasteiger partial charge is 0.462 e. The first-order valence-electron chi connectivity index (χ1n) is 4.14. The third-order valence-electron chi connectivity index (χ3n) is 1.40. The number of esters is 1. The number of hydrogen-bond donors (Lipinski definition) is 1. The van der Waals surface area contributed by atoms with Crippen LogP contribution in [0, 0.1) is 3.82 Å². The summed E-state index contributed by atoms with van der Waals surface area (Å²) in [5.74, 6) is -0.714. The second kappa shape index (κ2) is 5.34. The second-order valence-electron chi connectivity index (χ2n) is 2.56. The summed E-state index contributed by atoms with van der Waals surface area (Å²) < 4.78 is 5.29. The molecule has 1 heterocycles. The van der Waals surface area contributed by atoms with Crippen molar-refractivity contribution in [1.29, 1.82) is 0 Å². The summed E-state index contributed by atoms with van der Waals surface area (Å²) in [6, 6.07) is 0. The van der Waals surface area contributed by atoms with Crippen LogP contribution in [0.4, 0.5) is 5.00 Å². The fraction of sp³-hybridized carbons (Fsp3) is 0.375. The van der Waals surface area contributed by atoms with Gasteiger partial charge in [0.05, 0.1) is 6.61 Å². The van der Waals surface area contributed by atoms with Gasteiger partial charge in [-0.15, -0.1) is 0 Å². The molecule has 0 aliphatic carbocycles. The van der Waals surface area contributed by atoms with Crippen LogP contribution in [0.3, 0.4) is 0 Å². The highest BCUT2D eigenvalue weighted by Crippen LogP contribution is 2.30. The van der Waals surface area contributed by atoms with Gasteiger partial charge >= 0.3 is 5.97 Å². The van der Waals surface area contributed by atoms with Gasteiger partial charge in [0.15, 0.2) is 0 Å². The molecule has 0 atom stereocenters. The van der Waals surface area contributed by atoms with Crippen molar-refractivity contribution in [3.63, 3.8) is 0 Å². The summed E-state index contributed by atoms with van der Waals surface area (Å²) in [4.78, 5) is 22.4. The van der Waals surface area contributed by atoms with E-state index in [1.807, 2.05) is 0 Å². The maximum atomic E-state index is 11.5. The smallest absolute Gasteiger partial charge is 0.343 e. The Labute approximate surface area is 99.3 Å². The number of carbonyl (C=O) groups excluding carboxylic acids is 2. The molecule has 0 fully saturated rings. The number of hydrogen-bond acceptors (Lipinski definition) is 6. The van der Waals surface area contributed by atoms with E-state index >= 15 is 0 Å². The zero-order valence-electron chi connectivity index (χ0n) is 8.16. The highest BCUT2D eigenvalue weighted by Gasteiger charge is 2.18. The average molecular weight is 263 g/mol. The van der Waals surface area contributed by atoms with Crippen LogP contribution in [-0.2, 0) is 9.53 Å². The van der Waals surface area contributed by atoms with E-state index in [2.05, 4.69) is 5.32 Å². The van der Waals surface area contributed by atoms with Crippen LogP contribution in [0.1, 0.15) is 24.2 Å². The van der Waals surface area contributed by atoms with Crippen LogP contribution in [0.5, 0.6) is 0 Å². The lowest BCUT2D eigenvalue weighted by molar-refractivity contribution is -0.114. The molecule has 4 nitrogen and oxygen atoms in total. The van der Waals surface area contributed by atoms with E-state index in [9.17, 15) is 9.59 Å². The Morgan fingerprint density at radius 2 is 2.13 bits per heavy atom. The third-order valence-corrected chi connectivity index (χ3v) is 4.33. The van der Waals surface area contributed by atoms with Gasteiger partial charge < -0.3 is 10.1 Å². The van der Waals surface area contributed by atoms with Crippen LogP contribution < -0.4 is 5.32 Å². The van der Waals surface area contributed by atoms with Crippen molar-refractivity contribution in [3.8, 4) is 0 Å². The summed E-state index contributed by atoms with van der Waals surface area (Å²) in [6.45, 7) is 3.38. The Morgan fingerprint density at radius 1 is 1.47 bits per heavy atom. The highest BCUT2D eigenvalue weighted by molar-refractivity contribution is 7.80. The Morgan fingerprint density at radius 3 is 2.67 bits per heavy atom. The van der Waals surface area contributed by atoms with Crippen LogP contribution in [-0.4, -0.2) is 18.5 Å². The van der Waals surface area contributed by atoms with E-state index < -0.39 is 5.97 Å². The number of rotatable bonds is 3. The zero-order chi connectivity index (χ0) is 11.4. The lowest BCUT2D eigenvalue weighted by Crippen LogP contribution is -2.10. The molecule has 0 bridgehead atoms. The monoisotopic (exact) mass is 263 g/mol.